The summed E-state index contributed by atoms with van der Waals surface area (Å²) in [5.41, 5.74) is 0.470. The molecular weight excluding hydrogens is 206 g/mol. The number of rotatable bonds is 4. The molecule has 0 spiro atoms. The van der Waals surface area contributed by atoms with Crippen molar-refractivity contribution in [3.63, 3.8) is 0 Å². The van der Waals surface area contributed by atoms with Gasteiger partial charge in [-0.3, -0.25) is 4.79 Å². The summed E-state index contributed by atoms with van der Waals surface area (Å²) in [4.78, 5) is 10.8. The van der Waals surface area contributed by atoms with Crippen LogP contribution in [0.1, 0.15) is 26.2 Å². The zero-order valence-corrected chi connectivity index (χ0v) is 8.41. The van der Waals surface area contributed by atoms with Gasteiger partial charge < -0.3 is 5.32 Å². The van der Waals surface area contributed by atoms with Crippen molar-refractivity contribution in [3.8, 4) is 0 Å². The fourth-order valence-electron chi connectivity index (χ4n) is 1.17. The summed E-state index contributed by atoms with van der Waals surface area (Å²) in [6.07, 6.45) is 3.76. The topological polar surface area (TPSA) is 29.1 Å². The lowest BCUT2D eigenvalue weighted by atomic mass is 10.0. The van der Waals surface area contributed by atoms with Crippen LogP contribution in [0.2, 0.25) is 0 Å². The van der Waals surface area contributed by atoms with E-state index in [4.69, 9.17) is 0 Å². The maximum atomic E-state index is 10.8. The molecular formula is C8H14BrNO. The van der Waals surface area contributed by atoms with Gasteiger partial charge in [0, 0.05) is 6.54 Å². The van der Waals surface area contributed by atoms with E-state index in [0.717, 1.165) is 6.54 Å². The van der Waals surface area contributed by atoms with Gasteiger partial charge in [-0.2, -0.15) is 0 Å². The third-order valence-corrected chi connectivity index (χ3v) is 3.00. The standard InChI is InChI=1S/C8H14BrNO/c1-2-8(3-4-8)6-10-7(11)5-9/h2-6H2,1H3,(H,10,11). The van der Waals surface area contributed by atoms with E-state index in [1.807, 2.05) is 0 Å². The largest absolute Gasteiger partial charge is 0.355 e. The average Bonchev–Trinajstić information content (AvgIpc) is 2.81. The van der Waals surface area contributed by atoms with E-state index in [1.54, 1.807) is 0 Å². The number of nitrogens with one attached hydrogen (secondary N) is 1. The normalized spacial score (nSPS) is 19.5. The molecule has 0 heterocycles. The van der Waals surface area contributed by atoms with E-state index in [2.05, 4.69) is 28.2 Å². The predicted molar refractivity (Wildman–Crippen MR) is 48.8 cm³/mol. The molecule has 0 aromatic rings. The lowest BCUT2D eigenvalue weighted by Gasteiger charge is -2.11. The molecule has 0 saturated heterocycles. The molecule has 3 heteroatoms. The number of carbonyl (C=O) groups is 1. The Hall–Kier alpha value is -0.0500. The first-order valence-corrected chi connectivity index (χ1v) is 5.17. The lowest BCUT2D eigenvalue weighted by Crippen LogP contribution is -2.30. The van der Waals surface area contributed by atoms with E-state index in [1.165, 1.54) is 19.3 Å². The van der Waals surface area contributed by atoms with Crippen molar-refractivity contribution in [1.29, 1.82) is 0 Å². The molecule has 1 N–H and O–H groups in total. The van der Waals surface area contributed by atoms with Gasteiger partial charge in [-0.25, -0.2) is 0 Å². The third kappa shape index (κ3) is 2.47. The Balaban J connectivity index is 2.16. The summed E-state index contributed by atoms with van der Waals surface area (Å²) in [5, 5.41) is 3.32. The van der Waals surface area contributed by atoms with E-state index in [0.29, 0.717) is 10.7 Å². The second-order valence-electron chi connectivity index (χ2n) is 3.26. The van der Waals surface area contributed by atoms with E-state index < -0.39 is 0 Å². The first kappa shape index (κ1) is 9.04. The Kier molecular flexibility index (Phi) is 2.93. The minimum absolute atomic E-state index is 0.102. The highest BCUT2D eigenvalue weighted by atomic mass is 79.9. The van der Waals surface area contributed by atoms with E-state index in [-0.39, 0.29) is 5.91 Å². The Morgan fingerprint density at radius 1 is 1.64 bits per heavy atom. The fraction of sp³-hybridized carbons (Fsp3) is 0.875. The molecule has 0 aromatic carbocycles. The number of halogens is 1. The maximum Gasteiger partial charge on any atom is 0.230 e. The Morgan fingerprint density at radius 3 is 2.64 bits per heavy atom. The quantitative estimate of drug-likeness (QED) is 0.717. The molecule has 1 aliphatic carbocycles. The molecule has 1 aliphatic rings. The summed E-state index contributed by atoms with van der Waals surface area (Å²) in [5.74, 6) is 0.102. The van der Waals surface area contributed by atoms with Crippen LogP contribution in [0.4, 0.5) is 0 Å². The van der Waals surface area contributed by atoms with Crippen LogP contribution in [0.5, 0.6) is 0 Å². The van der Waals surface area contributed by atoms with Gasteiger partial charge in [-0.05, 0) is 24.7 Å². The van der Waals surface area contributed by atoms with Crippen LogP contribution in [0.15, 0.2) is 0 Å². The number of hydrogen-bond acceptors (Lipinski definition) is 1. The predicted octanol–water partition coefficient (Wildman–Crippen LogP) is 1.69. The fourth-order valence-corrected chi connectivity index (χ4v) is 1.36. The molecule has 1 rings (SSSR count). The SMILES string of the molecule is CCC1(CNC(=O)CBr)CC1. The summed E-state index contributed by atoms with van der Waals surface area (Å²) in [6.45, 7) is 3.06. The minimum atomic E-state index is 0.102. The monoisotopic (exact) mass is 219 g/mol. The van der Waals surface area contributed by atoms with Gasteiger partial charge in [0.2, 0.25) is 5.91 Å². The Bertz CT molecular complexity index is 154. The molecule has 0 bridgehead atoms. The highest BCUT2D eigenvalue weighted by Gasteiger charge is 2.40. The molecule has 0 aromatic heterocycles. The van der Waals surface area contributed by atoms with Crippen LogP contribution in [0.3, 0.4) is 0 Å². The molecule has 0 unspecified atom stereocenters. The van der Waals surface area contributed by atoms with Gasteiger partial charge in [-0.1, -0.05) is 22.9 Å². The summed E-state index contributed by atoms with van der Waals surface area (Å²) in [6, 6.07) is 0. The lowest BCUT2D eigenvalue weighted by molar-refractivity contribution is -0.118. The first-order valence-electron chi connectivity index (χ1n) is 4.05. The second kappa shape index (κ2) is 3.57. The number of alkyl halides is 1. The minimum Gasteiger partial charge on any atom is -0.355 e. The zero-order valence-electron chi connectivity index (χ0n) is 6.82. The van der Waals surface area contributed by atoms with Crippen molar-refractivity contribution in [3.05, 3.63) is 0 Å². The van der Waals surface area contributed by atoms with Crippen LogP contribution < -0.4 is 5.32 Å². The van der Waals surface area contributed by atoms with Gasteiger partial charge in [-0.15, -0.1) is 0 Å². The van der Waals surface area contributed by atoms with E-state index in [9.17, 15) is 4.79 Å². The summed E-state index contributed by atoms with van der Waals surface area (Å²) in [7, 11) is 0. The van der Waals surface area contributed by atoms with Crippen LogP contribution in [-0.2, 0) is 4.79 Å². The zero-order chi connectivity index (χ0) is 8.32. The van der Waals surface area contributed by atoms with Crippen molar-refractivity contribution in [2.24, 2.45) is 5.41 Å². The van der Waals surface area contributed by atoms with Gasteiger partial charge in [0.05, 0.1) is 5.33 Å². The number of carbonyl (C=O) groups excluding carboxylic acids is 1. The Morgan fingerprint density at radius 2 is 2.27 bits per heavy atom. The van der Waals surface area contributed by atoms with Crippen LogP contribution in [-0.4, -0.2) is 17.8 Å². The molecule has 0 atom stereocenters. The van der Waals surface area contributed by atoms with Gasteiger partial charge in [0.1, 0.15) is 0 Å². The highest BCUT2D eigenvalue weighted by Crippen LogP contribution is 2.47. The van der Waals surface area contributed by atoms with E-state index >= 15 is 0 Å². The molecule has 11 heavy (non-hydrogen) atoms. The van der Waals surface area contributed by atoms with Crippen LogP contribution in [0, 0.1) is 5.41 Å². The molecule has 2 nitrogen and oxygen atoms in total. The van der Waals surface area contributed by atoms with Crippen molar-refractivity contribution in [2.45, 2.75) is 26.2 Å². The van der Waals surface area contributed by atoms with Gasteiger partial charge in [0.15, 0.2) is 0 Å². The molecule has 1 amide bonds. The number of amides is 1. The molecule has 64 valence electrons. The molecule has 0 aliphatic heterocycles. The summed E-state index contributed by atoms with van der Waals surface area (Å²) >= 11 is 3.11. The van der Waals surface area contributed by atoms with Crippen LogP contribution in [0.25, 0.3) is 0 Å². The maximum absolute atomic E-state index is 10.8. The number of hydrogen-bond donors (Lipinski definition) is 1. The first-order chi connectivity index (χ1) is 5.22. The van der Waals surface area contributed by atoms with Gasteiger partial charge in [0.25, 0.3) is 0 Å². The average molecular weight is 220 g/mol. The second-order valence-corrected chi connectivity index (χ2v) is 3.82. The molecule has 0 radical (unpaired) electrons. The van der Waals surface area contributed by atoms with Crippen LogP contribution >= 0.6 is 15.9 Å². The molecule has 1 saturated carbocycles. The Labute approximate surface area is 75.9 Å². The van der Waals surface area contributed by atoms with Crippen molar-refractivity contribution in [1.82, 2.24) is 5.32 Å². The van der Waals surface area contributed by atoms with Crippen molar-refractivity contribution >= 4 is 21.8 Å². The highest BCUT2D eigenvalue weighted by molar-refractivity contribution is 9.09. The molecule has 1 fully saturated rings. The third-order valence-electron chi connectivity index (χ3n) is 2.49. The van der Waals surface area contributed by atoms with Crippen molar-refractivity contribution < 1.29 is 4.79 Å². The summed E-state index contributed by atoms with van der Waals surface area (Å²) < 4.78 is 0. The van der Waals surface area contributed by atoms with Gasteiger partial charge >= 0.3 is 0 Å². The van der Waals surface area contributed by atoms with Crippen molar-refractivity contribution in [2.75, 3.05) is 11.9 Å². The smallest absolute Gasteiger partial charge is 0.230 e.